The number of carbonyl (C=O) groups is 1. The third kappa shape index (κ3) is 2.58. The average molecular weight is 294 g/mol. The Kier molecular flexibility index (Phi) is 3.30. The van der Waals surface area contributed by atoms with Crippen molar-refractivity contribution in [3.05, 3.63) is 29.3 Å². The fraction of sp³-hybridized carbons (Fsp3) is 0.500. The highest BCUT2D eigenvalue weighted by Crippen LogP contribution is 2.32. The van der Waals surface area contributed by atoms with Crippen molar-refractivity contribution in [3.63, 3.8) is 0 Å². The van der Waals surface area contributed by atoms with Gasteiger partial charge in [0.2, 0.25) is 5.91 Å². The van der Waals surface area contributed by atoms with E-state index in [1.807, 2.05) is 18.2 Å². The maximum absolute atomic E-state index is 11.5. The topological polar surface area (TPSA) is 89.3 Å². The molecule has 2 aliphatic rings. The Balaban J connectivity index is 1.82. The molecule has 0 spiro atoms. The summed E-state index contributed by atoms with van der Waals surface area (Å²) < 4.78 is 23.1. The molecule has 1 saturated heterocycles. The van der Waals surface area contributed by atoms with Crippen LogP contribution in [0.3, 0.4) is 0 Å². The number of hydrogen-bond donors (Lipinski definition) is 2. The summed E-state index contributed by atoms with van der Waals surface area (Å²) in [6.07, 6.45) is 1.84. The molecule has 3 rings (SSSR count). The maximum atomic E-state index is 11.5. The van der Waals surface area contributed by atoms with Gasteiger partial charge >= 0.3 is 0 Å². The number of carbonyl (C=O) groups excluding carboxylic acids is 1. The van der Waals surface area contributed by atoms with E-state index in [-0.39, 0.29) is 29.4 Å². The van der Waals surface area contributed by atoms with Gasteiger partial charge in [0.15, 0.2) is 9.84 Å². The normalized spacial score (nSPS) is 25.9. The van der Waals surface area contributed by atoms with Crippen molar-refractivity contribution in [2.45, 2.75) is 25.3 Å². The Labute approximate surface area is 118 Å². The highest BCUT2D eigenvalue weighted by molar-refractivity contribution is 7.91. The standard InChI is InChI=1S/C14H18N2O3S/c15-14(11-5-6-20(18,19)8-11)10-1-3-12-9(7-10)2-4-13(17)16-12/h1,3,7,11,14H,2,4-6,8,15H2,(H,16,17). The third-order valence-electron chi connectivity index (χ3n) is 4.19. The average Bonchev–Trinajstić information content (AvgIpc) is 2.77. The Morgan fingerprint density at radius 1 is 1.30 bits per heavy atom. The van der Waals surface area contributed by atoms with Crippen LogP contribution in [-0.2, 0) is 21.1 Å². The van der Waals surface area contributed by atoms with E-state index in [2.05, 4.69) is 5.32 Å². The van der Waals surface area contributed by atoms with Crippen molar-refractivity contribution < 1.29 is 13.2 Å². The summed E-state index contributed by atoms with van der Waals surface area (Å²) in [6.45, 7) is 0. The summed E-state index contributed by atoms with van der Waals surface area (Å²) in [5.41, 5.74) is 9.12. The van der Waals surface area contributed by atoms with Crippen LogP contribution in [0.4, 0.5) is 5.69 Å². The SMILES string of the molecule is NC(c1ccc2c(c1)CCC(=O)N2)C1CCS(=O)(=O)C1. The lowest BCUT2D eigenvalue weighted by Crippen LogP contribution is -2.24. The molecule has 20 heavy (non-hydrogen) atoms. The van der Waals surface area contributed by atoms with Gasteiger partial charge < -0.3 is 11.1 Å². The molecule has 1 amide bonds. The van der Waals surface area contributed by atoms with Crippen molar-refractivity contribution in [1.29, 1.82) is 0 Å². The number of fused-ring (bicyclic) bond motifs is 1. The summed E-state index contributed by atoms with van der Waals surface area (Å²) in [7, 11) is -2.91. The number of benzene rings is 1. The summed E-state index contributed by atoms with van der Waals surface area (Å²) in [4.78, 5) is 11.3. The van der Waals surface area contributed by atoms with Gasteiger partial charge in [-0.05, 0) is 36.0 Å². The van der Waals surface area contributed by atoms with Gasteiger partial charge in [-0.1, -0.05) is 12.1 Å². The van der Waals surface area contributed by atoms with Crippen molar-refractivity contribution in [2.75, 3.05) is 16.8 Å². The smallest absolute Gasteiger partial charge is 0.224 e. The molecule has 3 N–H and O–H groups in total. The fourth-order valence-corrected chi connectivity index (χ4v) is 4.84. The molecule has 2 atom stereocenters. The van der Waals surface area contributed by atoms with E-state index in [1.165, 1.54) is 0 Å². The molecular formula is C14H18N2O3S. The number of aryl methyl sites for hydroxylation is 1. The van der Waals surface area contributed by atoms with Crippen molar-refractivity contribution in [3.8, 4) is 0 Å². The molecule has 1 aromatic carbocycles. The van der Waals surface area contributed by atoms with Gasteiger partial charge in [0.1, 0.15) is 0 Å². The predicted octanol–water partition coefficient (Wildman–Crippen LogP) is 1.01. The van der Waals surface area contributed by atoms with E-state index in [4.69, 9.17) is 5.73 Å². The van der Waals surface area contributed by atoms with Crippen LogP contribution in [0.2, 0.25) is 0 Å². The predicted molar refractivity (Wildman–Crippen MR) is 77.1 cm³/mol. The lowest BCUT2D eigenvalue weighted by atomic mass is 9.90. The first-order valence-electron chi connectivity index (χ1n) is 6.83. The molecule has 108 valence electrons. The molecule has 0 aliphatic carbocycles. The Morgan fingerprint density at radius 3 is 2.80 bits per heavy atom. The zero-order valence-electron chi connectivity index (χ0n) is 11.1. The molecule has 0 saturated carbocycles. The molecule has 0 radical (unpaired) electrons. The molecule has 0 aromatic heterocycles. The molecule has 5 nitrogen and oxygen atoms in total. The number of rotatable bonds is 2. The van der Waals surface area contributed by atoms with E-state index >= 15 is 0 Å². The monoisotopic (exact) mass is 294 g/mol. The van der Waals surface area contributed by atoms with Gasteiger partial charge in [0.25, 0.3) is 0 Å². The molecule has 2 aliphatic heterocycles. The number of nitrogens with two attached hydrogens (primary N) is 1. The first kappa shape index (κ1) is 13.6. The van der Waals surface area contributed by atoms with Gasteiger partial charge in [-0.25, -0.2) is 8.42 Å². The zero-order valence-corrected chi connectivity index (χ0v) is 11.9. The Bertz CT molecular complexity index is 654. The van der Waals surface area contributed by atoms with Crippen LogP contribution in [0.5, 0.6) is 0 Å². The summed E-state index contributed by atoms with van der Waals surface area (Å²) in [5.74, 6) is 0.460. The molecule has 2 heterocycles. The minimum Gasteiger partial charge on any atom is -0.326 e. The molecular weight excluding hydrogens is 276 g/mol. The largest absolute Gasteiger partial charge is 0.326 e. The Morgan fingerprint density at radius 2 is 2.10 bits per heavy atom. The minimum absolute atomic E-state index is 0.00349. The maximum Gasteiger partial charge on any atom is 0.224 e. The summed E-state index contributed by atoms with van der Waals surface area (Å²) >= 11 is 0. The number of anilines is 1. The molecule has 6 heteroatoms. The zero-order chi connectivity index (χ0) is 14.3. The highest BCUT2D eigenvalue weighted by Gasteiger charge is 2.33. The van der Waals surface area contributed by atoms with Crippen LogP contribution in [0.1, 0.15) is 30.0 Å². The van der Waals surface area contributed by atoms with Gasteiger partial charge in [-0.15, -0.1) is 0 Å². The van der Waals surface area contributed by atoms with Crippen LogP contribution in [0, 0.1) is 5.92 Å². The number of nitrogens with one attached hydrogen (secondary N) is 1. The van der Waals surface area contributed by atoms with Crippen LogP contribution >= 0.6 is 0 Å². The van der Waals surface area contributed by atoms with E-state index in [1.54, 1.807) is 0 Å². The number of amides is 1. The second-order valence-electron chi connectivity index (χ2n) is 5.65. The Hall–Kier alpha value is -1.40. The number of hydrogen-bond acceptors (Lipinski definition) is 4. The third-order valence-corrected chi connectivity index (χ3v) is 5.98. The van der Waals surface area contributed by atoms with Crippen LogP contribution in [0.15, 0.2) is 18.2 Å². The van der Waals surface area contributed by atoms with Gasteiger partial charge in [0, 0.05) is 18.2 Å². The molecule has 2 unspecified atom stereocenters. The quantitative estimate of drug-likeness (QED) is 0.851. The molecule has 1 fully saturated rings. The lowest BCUT2D eigenvalue weighted by Gasteiger charge is -2.22. The number of sulfone groups is 1. The van der Waals surface area contributed by atoms with Crippen molar-refractivity contribution in [1.82, 2.24) is 0 Å². The van der Waals surface area contributed by atoms with Gasteiger partial charge in [-0.3, -0.25) is 4.79 Å². The molecule has 1 aromatic rings. The van der Waals surface area contributed by atoms with Crippen LogP contribution < -0.4 is 11.1 Å². The van der Waals surface area contributed by atoms with Crippen molar-refractivity contribution >= 4 is 21.4 Å². The highest BCUT2D eigenvalue weighted by atomic mass is 32.2. The minimum atomic E-state index is -2.91. The van der Waals surface area contributed by atoms with E-state index in [9.17, 15) is 13.2 Å². The van der Waals surface area contributed by atoms with E-state index in [0.29, 0.717) is 19.3 Å². The van der Waals surface area contributed by atoms with Crippen LogP contribution in [0.25, 0.3) is 0 Å². The van der Waals surface area contributed by atoms with E-state index < -0.39 is 9.84 Å². The molecule has 0 bridgehead atoms. The van der Waals surface area contributed by atoms with Gasteiger partial charge in [-0.2, -0.15) is 0 Å². The second-order valence-corrected chi connectivity index (χ2v) is 7.88. The van der Waals surface area contributed by atoms with Gasteiger partial charge in [0.05, 0.1) is 11.5 Å². The van der Waals surface area contributed by atoms with E-state index in [0.717, 1.165) is 16.8 Å². The fourth-order valence-electron chi connectivity index (χ4n) is 2.99. The first-order valence-corrected chi connectivity index (χ1v) is 8.65. The van der Waals surface area contributed by atoms with Crippen molar-refractivity contribution in [2.24, 2.45) is 11.7 Å². The second kappa shape index (κ2) is 4.86. The summed E-state index contributed by atoms with van der Waals surface area (Å²) in [5, 5.41) is 2.83. The summed E-state index contributed by atoms with van der Waals surface area (Å²) in [6, 6.07) is 5.50. The lowest BCUT2D eigenvalue weighted by molar-refractivity contribution is -0.116. The first-order chi connectivity index (χ1) is 9.44. The van der Waals surface area contributed by atoms with Crippen LogP contribution in [-0.4, -0.2) is 25.8 Å².